The van der Waals surface area contributed by atoms with Gasteiger partial charge >= 0.3 is 11.8 Å². The Morgan fingerprint density at radius 3 is 2.00 bits per heavy atom. The van der Waals surface area contributed by atoms with Crippen LogP contribution in [0.15, 0.2) is 106 Å². The molecule has 0 radical (unpaired) electrons. The smallest absolute Gasteiger partial charge is 0.417 e. The molecule has 6 heteroatoms. The summed E-state index contributed by atoms with van der Waals surface area (Å²) in [6.07, 6.45) is -0.890. The number of hydrogen-bond acceptors (Lipinski definition) is 3. The zero-order valence-electron chi connectivity index (χ0n) is 18.2. The van der Waals surface area contributed by atoms with Gasteiger partial charge in [-0.3, -0.25) is 0 Å². The molecule has 5 aromatic rings. The second-order valence-electron chi connectivity index (χ2n) is 8.39. The molecule has 4 aromatic carbocycles. The van der Waals surface area contributed by atoms with Crippen molar-refractivity contribution in [3.8, 4) is 5.75 Å². The second-order valence-corrected chi connectivity index (χ2v) is 8.39. The highest BCUT2D eigenvalue weighted by molar-refractivity contribution is 6.10. The summed E-state index contributed by atoms with van der Waals surface area (Å²) >= 11 is 0. The van der Waals surface area contributed by atoms with E-state index in [1.165, 1.54) is 6.07 Å². The number of ether oxygens (including phenoxy) is 1. The average molecular weight is 470 g/mol. The highest BCUT2D eigenvalue weighted by Crippen LogP contribution is 2.46. The van der Waals surface area contributed by atoms with E-state index >= 15 is 0 Å². The van der Waals surface area contributed by atoms with Gasteiger partial charge in [0.05, 0.1) is 5.56 Å². The molecule has 0 N–H and O–H groups in total. The topological polar surface area (TPSA) is 39.4 Å². The van der Waals surface area contributed by atoms with Crippen LogP contribution in [0.2, 0.25) is 0 Å². The van der Waals surface area contributed by atoms with Gasteiger partial charge in [-0.1, -0.05) is 60.7 Å². The average Bonchev–Trinajstić information content (AvgIpc) is 2.87. The van der Waals surface area contributed by atoms with Gasteiger partial charge in [0, 0.05) is 28.1 Å². The van der Waals surface area contributed by atoms with E-state index in [1.54, 1.807) is 18.2 Å². The molecule has 0 amide bonds. The maximum atomic E-state index is 13.8. The third-order valence-corrected chi connectivity index (χ3v) is 6.37. The molecule has 0 aliphatic carbocycles. The molecule has 0 saturated carbocycles. The summed E-state index contributed by atoms with van der Waals surface area (Å²) in [5.41, 5.74) is -0.559. The van der Waals surface area contributed by atoms with Crippen molar-refractivity contribution in [1.82, 2.24) is 0 Å². The van der Waals surface area contributed by atoms with Gasteiger partial charge in [-0.15, -0.1) is 0 Å². The number of hydrogen-bond donors (Lipinski definition) is 0. The van der Waals surface area contributed by atoms with Crippen molar-refractivity contribution < 1.29 is 22.3 Å². The van der Waals surface area contributed by atoms with Gasteiger partial charge in [-0.25, -0.2) is 4.79 Å². The number of rotatable bonds is 2. The lowest BCUT2D eigenvalue weighted by molar-refractivity contribution is -0.136. The third-order valence-electron chi connectivity index (χ3n) is 6.37. The van der Waals surface area contributed by atoms with Crippen molar-refractivity contribution in [2.24, 2.45) is 0 Å². The van der Waals surface area contributed by atoms with E-state index in [0.717, 1.165) is 11.1 Å². The van der Waals surface area contributed by atoms with Crippen LogP contribution < -0.4 is 10.4 Å². The minimum absolute atomic E-state index is 0.110. The zero-order chi connectivity index (χ0) is 24.2. The van der Waals surface area contributed by atoms with Crippen molar-refractivity contribution >= 4 is 27.8 Å². The minimum Gasteiger partial charge on any atom is -0.473 e. The predicted octanol–water partition coefficient (Wildman–Crippen LogP) is 7.31. The number of alkyl halides is 3. The van der Waals surface area contributed by atoms with Crippen LogP contribution in [0.1, 0.15) is 22.3 Å². The van der Waals surface area contributed by atoms with Crippen molar-refractivity contribution in [1.29, 1.82) is 0 Å². The Bertz CT molecular complexity index is 1630. The van der Waals surface area contributed by atoms with Gasteiger partial charge in [0.25, 0.3) is 0 Å². The summed E-state index contributed by atoms with van der Waals surface area (Å²) < 4.78 is 53.2. The summed E-state index contributed by atoms with van der Waals surface area (Å²) in [6, 6.07) is 26.3. The van der Waals surface area contributed by atoms with E-state index in [-0.39, 0.29) is 11.0 Å². The standard InChI is InChI=1S/C29H17F3O3/c30-29(31,32)23-17-26(33)34-25-14-11-20-21-15-16-28(18-7-3-1-4-8-18,19-9-5-2-6-10-19)35-24(21)13-12-22(20)27(23)25/h1-17H. The Balaban J connectivity index is 1.61. The molecule has 0 saturated heterocycles. The fraction of sp³-hybridized carbons (Fsp3) is 0.0690. The highest BCUT2D eigenvalue weighted by Gasteiger charge is 2.38. The predicted molar refractivity (Wildman–Crippen MR) is 128 cm³/mol. The van der Waals surface area contributed by atoms with Crippen LogP contribution >= 0.6 is 0 Å². The first kappa shape index (κ1) is 21.2. The third kappa shape index (κ3) is 3.33. The molecule has 0 atom stereocenters. The Kier molecular flexibility index (Phi) is 4.61. The lowest BCUT2D eigenvalue weighted by Gasteiger charge is -2.36. The molecular formula is C29H17F3O3. The van der Waals surface area contributed by atoms with Crippen LogP contribution in [0.4, 0.5) is 13.2 Å². The lowest BCUT2D eigenvalue weighted by atomic mass is 9.83. The molecule has 3 nitrogen and oxygen atoms in total. The van der Waals surface area contributed by atoms with Gasteiger partial charge < -0.3 is 9.15 Å². The fourth-order valence-corrected chi connectivity index (χ4v) is 4.82. The van der Waals surface area contributed by atoms with Crippen molar-refractivity contribution in [3.05, 3.63) is 130 Å². The molecule has 0 spiro atoms. The maximum Gasteiger partial charge on any atom is 0.417 e. The summed E-state index contributed by atoms with van der Waals surface area (Å²) in [5.74, 6) is 0.540. The van der Waals surface area contributed by atoms with Crippen LogP contribution in [0, 0.1) is 0 Å². The van der Waals surface area contributed by atoms with Crippen LogP contribution in [-0.2, 0) is 11.8 Å². The van der Waals surface area contributed by atoms with Gasteiger partial charge in [-0.05, 0) is 47.2 Å². The van der Waals surface area contributed by atoms with Crippen molar-refractivity contribution in [2.45, 2.75) is 11.8 Å². The monoisotopic (exact) mass is 470 g/mol. The maximum absolute atomic E-state index is 13.8. The molecule has 1 aliphatic heterocycles. The zero-order valence-corrected chi connectivity index (χ0v) is 18.2. The van der Waals surface area contributed by atoms with Crippen molar-refractivity contribution in [3.63, 3.8) is 0 Å². The number of benzene rings is 4. The van der Waals surface area contributed by atoms with Gasteiger partial charge in [0.2, 0.25) is 0 Å². The number of halogens is 3. The fourth-order valence-electron chi connectivity index (χ4n) is 4.82. The molecular weight excluding hydrogens is 453 g/mol. The molecule has 35 heavy (non-hydrogen) atoms. The van der Waals surface area contributed by atoms with E-state index < -0.39 is 23.0 Å². The molecule has 0 fully saturated rings. The summed E-state index contributed by atoms with van der Waals surface area (Å²) in [5, 5.41) is 0.756. The largest absolute Gasteiger partial charge is 0.473 e. The Labute approximate surface area is 197 Å². The van der Waals surface area contributed by atoms with Crippen LogP contribution in [0.5, 0.6) is 5.75 Å². The molecule has 172 valence electrons. The lowest BCUT2D eigenvalue weighted by Crippen LogP contribution is -2.34. The van der Waals surface area contributed by atoms with E-state index in [4.69, 9.17) is 9.15 Å². The SMILES string of the molecule is O=c1cc(C(F)(F)F)c2c(ccc3c4c(ccc32)OC(c2ccccc2)(c2ccccc2)C=C4)o1. The molecule has 2 heterocycles. The number of fused-ring (bicyclic) bond motifs is 5. The Morgan fingerprint density at radius 1 is 0.743 bits per heavy atom. The first-order chi connectivity index (χ1) is 16.9. The van der Waals surface area contributed by atoms with E-state index in [1.807, 2.05) is 72.8 Å². The molecule has 1 aromatic heterocycles. The summed E-state index contributed by atoms with van der Waals surface area (Å²) in [4.78, 5) is 11.8. The quantitative estimate of drug-likeness (QED) is 0.201. The van der Waals surface area contributed by atoms with Gasteiger partial charge in [-0.2, -0.15) is 13.2 Å². The normalized spacial score (nSPS) is 14.6. The van der Waals surface area contributed by atoms with E-state index in [0.29, 0.717) is 28.2 Å². The van der Waals surface area contributed by atoms with Gasteiger partial charge in [0.1, 0.15) is 11.3 Å². The Morgan fingerprint density at radius 2 is 1.37 bits per heavy atom. The molecule has 0 unspecified atom stereocenters. The first-order valence-corrected chi connectivity index (χ1v) is 11.0. The second kappa shape index (κ2) is 7.60. The summed E-state index contributed by atoms with van der Waals surface area (Å²) in [6.45, 7) is 0. The van der Waals surface area contributed by atoms with Crippen LogP contribution in [-0.4, -0.2) is 0 Å². The van der Waals surface area contributed by atoms with Crippen molar-refractivity contribution in [2.75, 3.05) is 0 Å². The summed E-state index contributed by atoms with van der Waals surface area (Å²) in [7, 11) is 0. The molecule has 6 rings (SSSR count). The molecule has 1 aliphatic rings. The van der Waals surface area contributed by atoms with E-state index in [9.17, 15) is 18.0 Å². The minimum atomic E-state index is -4.71. The molecule has 0 bridgehead atoms. The Hall–Kier alpha value is -4.32. The van der Waals surface area contributed by atoms with E-state index in [2.05, 4.69) is 0 Å². The highest BCUT2D eigenvalue weighted by atomic mass is 19.4. The van der Waals surface area contributed by atoms with Crippen LogP contribution in [0.3, 0.4) is 0 Å². The van der Waals surface area contributed by atoms with Gasteiger partial charge in [0.15, 0.2) is 5.60 Å². The first-order valence-electron chi connectivity index (χ1n) is 11.0. The van der Waals surface area contributed by atoms with Crippen LogP contribution in [0.25, 0.3) is 27.8 Å².